The molecule has 1 aliphatic heterocycles. The SMILES string of the molecule is CC(C)(C)c1ccccc1NC(=O)c1csc(C2CCN(C(=O)CCc3ccc(F)c(F)c3)CC2)n1. The number of para-hydroxylation sites is 1. The lowest BCUT2D eigenvalue weighted by atomic mass is 9.86. The smallest absolute Gasteiger partial charge is 0.275 e. The van der Waals surface area contributed by atoms with Crippen LogP contribution in [-0.2, 0) is 16.6 Å². The molecule has 3 aromatic rings. The number of hydrogen-bond acceptors (Lipinski definition) is 4. The van der Waals surface area contributed by atoms with Gasteiger partial charge in [0.15, 0.2) is 11.6 Å². The molecule has 8 heteroatoms. The summed E-state index contributed by atoms with van der Waals surface area (Å²) in [6.45, 7) is 7.55. The molecular weight excluding hydrogens is 480 g/mol. The lowest BCUT2D eigenvalue weighted by Crippen LogP contribution is -2.38. The Morgan fingerprint density at radius 1 is 1.08 bits per heavy atom. The average Bonchev–Trinajstić information content (AvgIpc) is 3.35. The molecular formula is C28H31F2N3O2S. The van der Waals surface area contributed by atoms with Gasteiger partial charge >= 0.3 is 0 Å². The second-order valence-electron chi connectivity index (χ2n) is 10.2. The van der Waals surface area contributed by atoms with E-state index < -0.39 is 11.6 Å². The zero-order chi connectivity index (χ0) is 25.9. The quantitative estimate of drug-likeness (QED) is 0.422. The Hall–Kier alpha value is -3.13. The zero-order valence-corrected chi connectivity index (χ0v) is 21.6. The van der Waals surface area contributed by atoms with Gasteiger partial charge in [-0.25, -0.2) is 13.8 Å². The summed E-state index contributed by atoms with van der Waals surface area (Å²) in [5, 5.41) is 5.72. The van der Waals surface area contributed by atoms with Crippen LogP contribution in [0.3, 0.4) is 0 Å². The highest BCUT2D eigenvalue weighted by Gasteiger charge is 2.27. The molecule has 1 fully saturated rings. The first kappa shape index (κ1) is 25.9. The second-order valence-corrected chi connectivity index (χ2v) is 11.1. The van der Waals surface area contributed by atoms with Gasteiger partial charge in [0.25, 0.3) is 5.91 Å². The highest BCUT2D eigenvalue weighted by atomic mass is 32.1. The first-order valence-corrected chi connectivity index (χ1v) is 13.1. The summed E-state index contributed by atoms with van der Waals surface area (Å²) in [4.78, 5) is 32.0. The molecule has 190 valence electrons. The largest absolute Gasteiger partial charge is 0.343 e. The first-order chi connectivity index (χ1) is 17.1. The number of hydrogen-bond donors (Lipinski definition) is 1. The molecule has 0 unspecified atom stereocenters. The van der Waals surface area contributed by atoms with Crippen molar-refractivity contribution in [3.8, 4) is 0 Å². The standard InChI is InChI=1S/C28H31F2N3O2S/c1-28(2,3)20-6-4-5-7-23(20)31-26(35)24-17-36-27(32-24)19-12-14-33(15-13-19)25(34)11-9-18-8-10-21(29)22(30)16-18/h4-8,10,16-17,19H,9,11-15H2,1-3H3,(H,31,35). The number of piperidine rings is 1. The van der Waals surface area contributed by atoms with E-state index in [1.807, 2.05) is 29.2 Å². The van der Waals surface area contributed by atoms with Gasteiger partial charge in [-0.1, -0.05) is 45.0 Å². The molecule has 1 aliphatic rings. The summed E-state index contributed by atoms with van der Waals surface area (Å²) in [7, 11) is 0. The molecule has 0 saturated carbocycles. The maximum absolute atomic E-state index is 13.4. The molecule has 1 N–H and O–H groups in total. The maximum Gasteiger partial charge on any atom is 0.275 e. The number of aryl methyl sites for hydroxylation is 1. The number of amides is 2. The number of rotatable bonds is 6. The predicted octanol–water partition coefficient (Wildman–Crippen LogP) is 6.31. The Bertz CT molecular complexity index is 1240. The predicted molar refractivity (Wildman–Crippen MR) is 138 cm³/mol. The lowest BCUT2D eigenvalue weighted by Gasteiger charge is -2.31. The van der Waals surface area contributed by atoms with Gasteiger partial charge in [0.1, 0.15) is 5.69 Å². The molecule has 0 bridgehead atoms. The maximum atomic E-state index is 13.4. The fraction of sp³-hybridized carbons (Fsp3) is 0.393. The highest BCUT2D eigenvalue weighted by molar-refractivity contribution is 7.10. The van der Waals surface area contributed by atoms with E-state index in [0.29, 0.717) is 30.8 Å². The van der Waals surface area contributed by atoms with Crippen molar-refractivity contribution in [1.29, 1.82) is 0 Å². The molecule has 0 aliphatic carbocycles. The number of halogens is 2. The second kappa shape index (κ2) is 10.9. The van der Waals surface area contributed by atoms with Gasteiger partial charge in [0, 0.05) is 36.5 Å². The minimum absolute atomic E-state index is 0.00917. The van der Waals surface area contributed by atoms with E-state index in [0.717, 1.165) is 41.2 Å². The van der Waals surface area contributed by atoms with Gasteiger partial charge in [-0.2, -0.15) is 0 Å². The number of thiazole rings is 1. The Labute approximate surface area is 214 Å². The van der Waals surface area contributed by atoms with Crippen molar-refractivity contribution in [2.75, 3.05) is 18.4 Å². The van der Waals surface area contributed by atoms with Crippen molar-refractivity contribution in [2.45, 2.75) is 57.8 Å². The number of carbonyl (C=O) groups excluding carboxylic acids is 2. The Morgan fingerprint density at radius 3 is 2.50 bits per heavy atom. The molecule has 4 rings (SSSR count). The number of likely N-dealkylation sites (tertiary alicyclic amines) is 1. The molecule has 36 heavy (non-hydrogen) atoms. The van der Waals surface area contributed by atoms with Gasteiger partial charge in [-0.05, 0) is 54.0 Å². The van der Waals surface area contributed by atoms with E-state index >= 15 is 0 Å². The summed E-state index contributed by atoms with van der Waals surface area (Å²) in [5.74, 6) is -1.79. The molecule has 1 aromatic heterocycles. The summed E-state index contributed by atoms with van der Waals surface area (Å²) >= 11 is 1.48. The van der Waals surface area contributed by atoms with Crippen LogP contribution in [0.1, 0.15) is 72.6 Å². The van der Waals surface area contributed by atoms with Crippen LogP contribution >= 0.6 is 11.3 Å². The molecule has 2 amide bonds. The van der Waals surface area contributed by atoms with Gasteiger partial charge in [0.2, 0.25) is 5.91 Å². The monoisotopic (exact) mass is 511 g/mol. The van der Waals surface area contributed by atoms with Gasteiger partial charge in [0.05, 0.1) is 5.01 Å². The van der Waals surface area contributed by atoms with E-state index in [2.05, 4.69) is 31.1 Å². The fourth-order valence-electron chi connectivity index (χ4n) is 4.49. The molecule has 1 saturated heterocycles. The summed E-state index contributed by atoms with van der Waals surface area (Å²) in [6.07, 6.45) is 2.18. The van der Waals surface area contributed by atoms with E-state index in [1.165, 1.54) is 17.4 Å². The number of anilines is 1. The molecule has 5 nitrogen and oxygen atoms in total. The van der Waals surface area contributed by atoms with Crippen molar-refractivity contribution in [3.63, 3.8) is 0 Å². The number of benzene rings is 2. The van der Waals surface area contributed by atoms with Crippen molar-refractivity contribution in [1.82, 2.24) is 9.88 Å². The minimum atomic E-state index is -0.893. The van der Waals surface area contributed by atoms with E-state index in [1.54, 1.807) is 5.38 Å². The number of nitrogens with zero attached hydrogens (tertiary/aromatic N) is 2. The minimum Gasteiger partial charge on any atom is -0.343 e. The van der Waals surface area contributed by atoms with Crippen LogP contribution in [0, 0.1) is 11.6 Å². The van der Waals surface area contributed by atoms with Crippen LogP contribution in [0.25, 0.3) is 0 Å². The molecule has 0 spiro atoms. The number of nitrogens with one attached hydrogen (secondary N) is 1. The van der Waals surface area contributed by atoms with Crippen LogP contribution < -0.4 is 5.32 Å². The van der Waals surface area contributed by atoms with Crippen LogP contribution in [-0.4, -0.2) is 34.8 Å². The summed E-state index contributed by atoms with van der Waals surface area (Å²) < 4.78 is 26.5. The number of carbonyl (C=O) groups is 2. The van der Waals surface area contributed by atoms with Crippen molar-refractivity contribution in [3.05, 3.63) is 81.3 Å². The van der Waals surface area contributed by atoms with E-state index in [-0.39, 0.29) is 29.6 Å². The molecule has 0 atom stereocenters. The fourth-order valence-corrected chi connectivity index (χ4v) is 5.46. The first-order valence-electron chi connectivity index (χ1n) is 12.2. The van der Waals surface area contributed by atoms with Crippen LogP contribution in [0.5, 0.6) is 0 Å². The number of aromatic nitrogens is 1. The van der Waals surface area contributed by atoms with Crippen molar-refractivity contribution < 1.29 is 18.4 Å². The zero-order valence-electron chi connectivity index (χ0n) is 20.8. The van der Waals surface area contributed by atoms with E-state index in [9.17, 15) is 18.4 Å². The van der Waals surface area contributed by atoms with Crippen molar-refractivity contribution in [2.24, 2.45) is 0 Å². The van der Waals surface area contributed by atoms with Gasteiger partial charge in [-0.15, -0.1) is 11.3 Å². The third-order valence-corrected chi connectivity index (χ3v) is 7.55. The van der Waals surface area contributed by atoms with Crippen LogP contribution in [0.15, 0.2) is 47.8 Å². The molecule has 2 heterocycles. The third kappa shape index (κ3) is 6.16. The summed E-state index contributed by atoms with van der Waals surface area (Å²) in [5.41, 5.74) is 2.77. The van der Waals surface area contributed by atoms with Crippen LogP contribution in [0.4, 0.5) is 14.5 Å². The lowest BCUT2D eigenvalue weighted by molar-refractivity contribution is -0.132. The average molecular weight is 512 g/mol. The summed E-state index contributed by atoms with van der Waals surface area (Å²) in [6, 6.07) is 11.6. The molecule has 2 aromatic carbocycles. The molecule has 0 radical (unpaired) electrons. The Morgan fingerprint density at radius 2 is 1.81 bits per heavy atom. The van der Waals surface area contributed by atoms with Crippen LogP contribution in [0.2, 0.25) is 0 Å². The topological polar surface area (TPSA) is 62.3 Å². The highest BCUT2D eigenvalue weighted by Crippen LogP contribution is 2.32. The van der Waals surface area contributed by atoms with Gasteiger partial charge < -0.3 is 10.2 Å². The Kier molecular flexibility index (Phi) is 7.83. The van der Waals surface area contributed by atoms with Crippen molar-refractivity contribution >= 4 is 28.8 Å². The normalized spacial score (nSPS) is 14.6. The Balaban J connectivity index is 1.30. The van der Waals surface area contributed by atoms with Gasteiger partial charge in [-0.3, -0.25) is 9.59 Å². The third-order valence-electron chi connectivity index (χ3n) is 6.55. The van der Waals surface area contributed by atoms with E-state index in [4.69, 9.17) is 0 Å².